The third-order valence-electron chi connectivity index (χ3n) is 2.82. The molecule has 0 unspecified atom stereocenters. The first-order valence-electron chi connectivity index (χ1n) is 6.33. The van der Waals surface area contributed by atoms with Crippen LogP contribution in [0.25, 0.3) is 0 Å². The number of rotatable bonds is 5. The van der Waals surface area contributed by atoms with E-state index in [0.29, 0.717) is 23.5 Å². The van der Waals surface area contributed by atoms with Crippen molar-refractivity contribution in [1.82, 2.24) is 20.2 Å². The molecule has 0 spiro atoms. The van der Waals surface area contributed by atoms with E-state index in [1.807, 2.05) is 6.92 Å². The number of phenols is 1. The van der Waals surface area contributed by atoms with E-state index < -0.39 is 5.97 Å². The third kappa shape index (κ3) is 3.11. The molecule has 1 aromatic heterocycles. The van der Waals surface area contributed by atoms with Gasteiger partial charge < -0.3 is 9.84 Å². The molecular formula is C13H16N4O3. The lowest BCUT2D eigenvalue weighted by molar-refractivity contribution is 0.0456. The highest BCUT2D eigenvalue weighted by Gasteiger charge is 2.12. The standard InChI is InChI=1S/C13H16N4O3/c1-3-6-17-12(14-15-16-17)8-20-13(19)10-5-4-9(2)11(18)7-10/h4-5,7,18H,3,6,8H2,1-2H3. The Hall–Kier alpha value is -2.44. The summed E-state index contributed by atoms with van der Waals surface area (Å²) < 4.78 is 6.74. The molecule has 0 aliphatic carbocycles. The summed E-state index contributed by atoms with van der Waals surface area (Å²) in [5.41, 5.74) is 0.996. The molecule has 2 aromatic rings. The maximum absolute atomic E-state index is 11.9. The number of ether oxygens (including phenoxy) is 1. The molecule has 0 radical (unpaired) electrons. The molecule has 20 heavy (non-hydrogen) atoms. The normalized spacial score (nSPS) is 10.5. The highest BCUT2D eigenvalue weighted by atomic mass is 16.5. The molecule has 1 heterocycles. The summed E-state index contributed by atoms with van der Waals surface area (Å²) in [6.07, 6.45) is 0.887. The van der Waals surface area contributed by atoms with E-state index >= 15 is 0 Å². The summed E-state index contributed by atoms with van der Waals surface area (Å²) in [7, 11) is 0. The van der Waals surface area contributed by atoms with Gasteiger partial charge in [0.25, 0.3) is 0 Å². The molecular weight excluding hydrogens is 260 g/mol. The van der Waals surface area contributed by atoms with Gasteiger partial charge in [-0.05, 0) is 41.5 Å². The Morgan fingerprint density at radius 1 is 1.45 bits per heavy atom. The van der Waals surface area contributed by atoms with Crippen molar-refractivity contribution in [3.05, 3.63) is 35.2 Å². The van der Waals surface area contributed by atoms with E-state index in [1.54, 1.807) is 23.7 Å². The minimum Gasteiger partial charge on any atom is -0.508 e. The van der Waals surface area contributed by atoms with Crippen molar-refractivity contribution in [3.8, 4) is 5.75 Å². The Bertz CT molecular complexity index is 609. The van der Waals surface area contributed by atoms with E-state index in [4.69, 9.17) is 4.74 Å². The van der Waals surface area contributed by atoms with Gasteiger partial charge in [-0.3, -0.25) is 0 Å². The highest BCUT2D eigenvalue weighted by molar-refractivity contribution is 5.89. The van der Waals surface area contributed by atoms with E-state index in [1.165, 1.54) is 6.07 Å². The number of phenolic OH excluding ortho intramolecular Hbond substituents is 1. The number of nitrogens with zero attached hydrogens (tertiary/aromatic N) is 4. The third-order valence-corrected chi connectivity index (χ3v) is 2.82. The number of aryl methyl sites for hydroxylation is 2. The summed E-state index contributed by atoms with van der Waals surface area (Å²) in [5.74, 6) is 0.0400. The molecule has 1 N–H and O–H groups in total. The molecule has 0 aliphatic heterocycles. The predicted octanol–water partition coefficient (Wildman–Crippen LogP) is 1.45. The fourth-order valence-electron chi connectivity index (χ4n) is 1.66. The molecule has 1 aromatic carbocycles. The zero-order valence-corrected chi connectivity index (χ0v) is 11.4. The number of hydrogen-bond donors (Lipinski definition) is 1. The summed E-state index contributed by atoms with van der Waals surface area (Å²) in [4.78, 5) is 11.9. The van der Waals surface area contributed by atoms with Crippen LogP contribution in [0.3, 0.4) is 0 Å². The molecule has 0 aliphatic rings. The quantitative estimate of drug-likeness (QED) is 0.831. The SMILES string of the molecule is CCCn1nnnc1COC(=O)c1ccc(C)c(O)c1. The summed E-state index contributed by atoms with van der Waals surface area (Å²) >= 11 is 0. The molecule has 7 nitrogen and oxygen atoms in total. The molecule has 0 amide bonds. The van der Waals surface area contributed by atoms with Gasteiger partial charge in [0, 0.05) is 6.54 Å². The lowest BCUT2D eigenvalue weighted by atomic mass is 10.1. The Morgan fingerprint density at radius 2 is 2.25 bits per heavy atom. The second kappa shape index (κ2) is 6.14. The van der Waals surface area contributed by atoms with Crippen molar-refractivity contribution in [2.45, 2.75) is 33.4 Å². The number of aromatic nitrogens is 4. The van der Waals surface area contributed by atoms with Crippen molar-refractivity contribution >= 4 is 5.97 Å². The maximum atomic E-state index is 11.9. The number of hydrogen-bond acceptors (Lipinski definition) is 6. The van der Waals surface area contributed by atoms with E-state index in [9.17, 15) is 9.90 Å². The van der Waals surface area contributed by atoms with Crippen LogP contribution in [-0.4, -0.2) is 31.3 Å². The van der Waals surface area contributed by atoms with Gasteiger partial charge in [0.1, 0.15) is 5.75 Å². The van der Waals surface area contributed by atoms with Crippen LogP contribution in [0.5, 0.6) is 5.75 Å². The minimum absolute atomic E-state index is 0.000468. The summed E-state index contributed by atoms with van der Waals surface area (Å²) in [6, 6.07) is 4.64. The van der Waals surface area contributed by atoms with Gasteiger partial charge >= 0.3 is 5.97 Å². The van der Waals surface area contributed by atoms with Crippen LogP contribution in [0.15, 0.2) is 18.2 Å². The van der Waals surface area contributed by atoms with Crippen LogP contribution in [0.4, 0.5) is 0 Å². The minimum atomic E-state index is -0.522. The van der Waals surface area contributed by atoms with Crippen LogP contribution < -0.4 is 0 Å². The second-order valence-corrected chi connectivity index (χ2v) is 4.40. The topological polar surface area (TPSA) is 90.1 Å². The summed E-state index contributed by atoms with van der Waals surface area (Å²) in [6.45, 7) is 4.43. The number of tetrazole rings is 1. The average molecular weight is 276 g/mol. The largest absolute Gasteiger partial charge is 0.508 e. The second-order valence-electron chi connectivity index (χ2n) is 4.40. The van der Waals surface area contributed by atoms with Gasteiger partial charge in [-0.15, -0.1) is 5.10 Å². The number of esters is 1. The zero-order valence-electron chi connectivity index (χ0n) is 11.4. The maximum Gasteiger partial charge on any atom is 0.338 e. The predicted molar refractivity (Wildman–Crippen MR) is 70.1 cm³/mol. The fourth-order valence-corrected chi connectivity index (χ4v) is 1.66. The molecule has 0 fully saturated rings. The van der Waals surface area contributed by atoms with Crippen molar-refractivity contribution in [1.29, 1.82) is 0 Å². The first-order chi connectivity index (χ1) is 9.61. The molecule has 0 atom stereocenters. The molecule has 0 saturated carbocycles. The first kappa shape index (κ1) is 14.0. The van der Waals surface area contributed by atoms with E-state index in [-0.39, 0.29) is 12.4 Å². The van der Waals surface area contributed by atoms with Gasteiger partial charge in [-0.1, -0.05) is 13.0 Å². The number of aromatic hydroxyl groups is 1. The Labute approximate surface area is 116 Å². The lowest BCUT2D eigenvalue weighted by Crippen LogP contribution is -2.11. The number of carbonyl (C=O) groups excluding carboxylic acids is 1. The van der Waals surface area contributed by atoms with Gasteiger partial charge in [0.15, 0.2) is 12.4 Å². The fraction of sp³-hybridized carbons (Fsp3) is 0.385. The van der Waals surface area contributed by atoms with Crippen LogP contribution in [0.1, 0.15) is 35.1 Å². The van der Waals surface area contributed by atoms with Crippen molar-refractivity contribution in [2.24, 2.45) is 0 Å². The molecule has 2 rings (SSSR count). The molecule has 0 saturated heterocycles. The van der Waals surface area contributed by atoms with Crippen LogP contribution in [-0.2, 0) is 17.9 Å². The van der Waals surface area contributed by atoms with Gasteiger partial charge in [-0.2, -0.15) is 0 Å². The van der Waals surface area contributed by atoms with E-state index in [2.05, 4.69) is 15.5 Å². The van der Waals surface area contributed by atoms with Crippen molar-refractivity contribution in [3.63, 3.8) is 0 Å². The van der Waals surface area contributed by atoms with Crippen LogP contribution in [0, 0.1) is 6.92 Å². The van der Waals surface area contributed by atoms with Crippen LogP contribution in [0.2, 0.25) is 0 Å². The van der Waals surface area contributed by atoms with Crippen LogP contribution >= 0.6 is 0 Å². The monoisotopic (exact) mass is 276 g/mol. The molecule has 7 heteroatoms. The van der Waals surface area contributed by atoms with E-state index in [0.717, 1.165) is 6.42 Å². The lowest BCUT2D eigenvalue weighted by Gasteiger charge is -2.06. The Kier molecular flexibility index (Phi) is 4.29. The van der Waals surface area contributed by atoms with Gasteiger partial charge in [0.2, 0.25) is 0 Å². The highest BCUT2D eigenvalue weighted by Crippen LogP contribution is 2.18. The summed E-state index contributed by atoms with van der Waals surface area (Å²) in [5, 5.41) is 20.7. The smallest absolute Gasteiger partial charge is 0.338 e. The van der Waals surface area contributed by atoms with Gasteiger partial charge in [-0.25, -0.2) is 9.48 Å². The zero-order chi connectivity index (χ0) is 14.5. The molecule has 106 valence electrons. The Balaban J connectivity index is 2.01. The van der Waals surface area contributed by atoms with Crippen molar-refractivity contribution < 1.29 is 14.6 Å². The Morgan fingerprint density at radius 3 is 2.95 bits per heavy atom. The number of benzene rings is 1. The average Bonchev–Trinajstić information content (AvgIpc) is 2.87. The first-order valence-corrected chi connectivity index (χ1v) is 6.33. The van der Waals surface area contributed by atoms with Gasteiger partial charge in [0.05, 0.1) is 5.56 Å². The number of carbonyl (C=O) groups is 1. The molecule has 0 bridgehead atoms. The van der Waals surface area contributed by atoms with Crippen molar-refractivity contribution in [2.75, 3.05) is 0 Å².